The second-order valence-corrected chi connectivity index (χ2v) is 15.4. The number of phenolic OH excluding ortho intramolecular Hbond substituents is 1. The fourth-order valence-electron chi connectivity index (χ4n) is 6.26. The number of nitrogens with zero attached hydrogens (tertiary/aromatic N) is 3. The molecule has 0 unspecified atom stereocenters. The molecule has 0 fully saturated rings. The van der Waals surface area contributed by atoms with Gasteiger partial charge in [-0.25, -0.2) is 4.98 Å². The van der Waals surface area contributed by atoms with Gasteiger partial charge in [0.15, 0.2) is 0 Å². The molecule has 244 valence electrons. The van der Waals surface area contributed by atoms with Crippen LogP contribution in [0.25, 0.3) is 65.2 Å². The van der Waals surface area contributed by atoms with Gasteiger partial charge in [-0.15, -0.1) is 46.2 Å². The predicted octanol–water partition coefficient (Wildman–Crippen LogP) is 11.3. The number of aromatic nitrogens is 3. The van der Waals surface area contributed by atoms with Crippen molar-refractivity contribution in [1.82, 2.24) is 15.0 Å². The van der Waals surface area contributed by atoms with Crippen LogP contribution in [0.2, 0.25) is 0 Å². The van der Waals surface area contributed by atoms with E-state index in [1.165, 1.54) is 5.56 Å². The van der Waals surface area contributed by atoms with Gasteiger partial charge in [0.1, 0.15) is 10.8 Å². The van der Waals surface area contributed by atoms with Crippen LogP contribution >= 0.6 is 11.3 Å². The van der Waals surface area contributed by atoms with Crippen LogP contribution in [0.15, 0.2) is 97.3 Å². The van der Waals surface area contributed by atoms with E-state index < -0.39 is 0 Å². The largest absolute Gasteiger partial charge is 0.507 e. The van der Waals surface area contributed by atoms with E-state index in [-0.39, 0.29) is 37.6 Å². The van der Waals surface area contributed by atoms with Crippen molar-refractivity contribution in [3.8, 4) is 49.8 Å². The maximum atomic E-state index is 11.0. The Balaban J connectivity index is 0.00000401. The molecule has 0 amide bonds. The molecular formula is C42H38N3OPtS-. The number of fused-ring (bicyclic) bond motifs is 2. The summed E-state index contributed by atoms with van der Waals surface area (Å²) in [6.45, 7) is 15.4. The van der Waals surface area contributed by atoms with Gasteiger partial charge in [-0.05, 0) is 69.3 Å². The van der Waals surface area contributed by atoms with Gasteiger partial charge in [-0.1, -0.05) is 96.0 Å². The minimum absolute atomic E-state index is 0. The Bertz CT molecular complexity index is 2300. The molecule has 0 saturated carbocycles. The van der Waals surface area contributed by atoms with Crippen LogP contribution in [-0.2, 0) is 31.9 Å². The summed E-state index contributed by atoms with van der Waals surface area (Å²) in [7, 11) is 0. The number of hydrogen-bond donors (Lipinski definition) is 1. The summed E-state index contributed by atoms with van der Waals surface area (Å²) < 4.78 is 1.02. The van der Waals surface area contributed by atoms with Gasteiger partial charge in [-0.2, -0.15) is 0 Å². The van der Waals surface area contributed by atoms with E-state index >= 15 is 0 Å². The third-order valence-electron chi connectivity index (χ3n) is 8.72. The number of aromatic hydroxyl groups is 1. The molecule has 4 aromatic carbocycles. The number of hydrogen-bond acceptors (Lipinski definition) is 5. The smallest absolute Gasteiger partial charge is 0.127 e. The van der Waals surface area contributed by atoms with Crippen LogP contribution in [-0.4, -0.2) is 20.1 Å². The second-order valence-electron chi connectivity index (χ2n) is 14.4. The van der Waals surface area contributed by atoms with E-state index in [4.69, 9.17) is 9.97 Å². The Labute approximate surface area is 301 Å². The second kappa shape index (κ2) is 12.7. The molecule has 7 rings (SSSR count). The van der Waals surface area contributed by atoms with Gasteiger partial charge >= 0.3 is 0 Å². The van der Waals surface area contributed by atoms with Crippen molar-refractivity contribution in [2.24, 2.45) is 0 Å². The zero-order chi connectivity index (χ0) is 33.1. The van der Waals surface area contributed by atoms with E-state index in [9.17, 15) is 5.11 Å². The topological polar surface area (TPSA) is 58.9 Å². The van der Waals surface area contributed by atoms with Crippen molar-refractivity contribution in [3.63, 3.8) is 0 Å². The first-order valence-corrected chi connectivity index (χ1v) is 16.8. The summed E-state index contributed by atoms with van der Waals surface area (Å²) in [4.78, 5) is 14.8. The zero-order valence-electron chi connectivity index (χ0n) is 28.3. The monoisotopic (exact) mass is 827 g/mol. The van der Waals surface area contributed by atoms with Crippen molar-refractivity contribution in [2.75, 3.05) is 0 Å². The molecule has 0 bridgehead atoms. The summed E-state index contributed by atoms with van der Waals surface area (Å²) in [6, 6.07) is 32.9. The van der Waals surface area contributed by atoms with Gasteiger partial charge < -0.3 is 5.11 Å². The number of rotatable bonds is 4. The molecule has 6 heteroatoms. The number of thiazole rings is 1. The van der Waals surface area contributed by atoms with Crippen LogP contribution in [0.3, 0.4) is 0 Å². The summed E-state index contributed by atoms with van der Waals surface area (Å²) >= 11 is 1.59. The summed E-state index contributed by atoms with van der Waals surface area (Å²) in [5.74, 6) is 0.228. The Morgan fingerprint density at radius 3 is 2.17 bits per heavy atom. The maximum Gasteiger partial charge on any atom is 0.127 e. The normalized spacial score (nSPS) is 12.0. The third kappa shape index (κ3) is 6.34. The quantitative estimate of drug-likeness (QED) is 0.180. The SMILES string of the molecule is Cc1cc(-c2cc(-c3ccccn3)cc3sc(-c4cc(C(C)(C)C)ccc4O)nc23)[c-]c(-c2cccc3c(C(C)(C)C)ccnc23)c1.[Pt]. The van der Waals surface area contributed by atoms with Crippen molar-refractivity contribution in [2.45, 2.75) is 59.3 Å². The van der Waals surface area contributed by atoms with E-state index in [1.807, 2.05) is 36.7 Å². The molecule has 0 aliphatic carbocycles. The molecule has 0 radical (unpaired) electrons. The van der Waals surface area contributed by atoms with Crippen LogP contribution in [0.4, 0.5) is 0 Å². The van der Waals surface area contributed by atoms with E-state index in [2.05, 4.69) is 114 Å². The van der Waals surface area contributed by atoms with Crippen LogP contribution < -0.4 is 0 Å². The number of pyridine rings is 2. The molecule has 0 aliphatic heterocycles. The Kier molecular flexibility index (Phi) is 8.91. The van der Waals surface area contributed by atoms with Gasteiger partial charge in [-0.3, -0.25) is 9.97 Å². The van der Waals surface area contributed by atoms with Crippen molar-refractivity contribution in [1.29, 1.82) is 0 Å². The fraction of sp³-hybridized carbons (Fsp3) is 0.214. The van der Waals surface area contributed by atoms with Crippen molar-refractivity contribution >= 4 is 32.5 Å². The molecular weight excluding hydrogens is 790 g/mol. The first-order valence-electron chi connectivity index (χ1n) is 16.0. The third-order valence-corrected chi connectivity index (χ3v) is 9.76. The van der Waals surface area contributed by atoms with Crippen molar-refractivity contribution < 1.29 is 26.2 Å². The molecule has 0 spiro atoms. The van der Waals surface area contributed by atoms with Gasteiger partial charge in [0.25, 0.3) is 0 Å². The summed E-state index contributed by atoms with van der Waals surface area (Å²) in [5.41, 5.74) is 12.0. The number of para-hydroxylation sites is 1. The predicted molar refractivity (Wildman–Crippen MR) is 197 cm³/mol. The molecule has 0 saturated heterocycles. The standard InChI is InChI=1S/C42H38N3OS.Pt/c1-25-19-26(30-11-10-12-31-34(42(5,6)7)16-18-44-38(30)31)21-27(20-25)32-22-28(35-13-8-9-17-43-35)23-37-39(32)45-40(47-37)33-24-29(41(2,3)4)14-15-36(33)46;/h8-20,22-24,46H,1-7H3;/q-1;. The molecule has 3 aromatic heterocycles. The van der Waals surface area contributed by atoms with Gasteiger partial charge in [0.05, 0.1) is 16.8 Å². The number of benzene rings is 4. The average molecular weight is 828 g/mol. The Morgan fingerprint density at radius 1 is 0.688 bits per heavy atom. The first-order chi connectivity index (χ1) is 22.4. The van der Waals surface area contributed by atoms with E-state index in [0.29, 0.717) is 0 Å². The van der Waals surface area contributed by atoms with Crippen LogP contribution in [0.1, 0.15) is 58.2 Å². The van der Waals surface area contributed by atoms with Gasteiger partial charge in [0, 0.05) is 43.7 Å². The van der Waals surface area contributed by atoms with E-state index in [1.54, 1.807) is 17.4 Å². The maximum absolute atomic E-state index is 11.0. The molecule has 0 atom stereocenters. The number of phenols is 1. The average Bonchev–Trinajstić information content (AvgIpc) is 3.47. The van der Waals surface area contributed by atoms with E-state index in [0.717, 1.165) is 76.3 Å². The minimum Gasteiger partial charge on any atom is -0.507 e. The van der Waals surface area contributed by atoms with Crippen molar-refractivity contribution in [3.05, 3.63) is 120 Å². The van der Waals surface area contributed by atoms with Crippen LogP contribution in [0.5, 0.6) is 5.75 Å². The summed E-state index contributed by atoms with van der Waals surface area (Å²) in [5, 5.41) is 12.9. The summed E-state index contributed by atoms with van der Waals surface area (Å²) in [6.07, 6.45) is 3.74. The van der Waals surface area contributed by atoms with Gasteiger partial charge in [0.2, 0.25) is 0 Å². The molecule has 48 heavy (non-hydrogen) atoms. The number of aryl methyl sites for hydroxylation is 1. The van der Waals surface area contributed by atoms with Crippen LogP contribution in [0, 0.1) is 13.0 Å². The molecule has 3 heterocycles. The Morgan fingerprint density at radius 2 is 1.46 bits per heavy atom. The zero-order valence-corrected chi connectivity index (χ0v) is 31.3. The fourth-order valence-corrected chi connectivity index (χ4v) is 7.31. The first kappa shape index (κ1) is 33.7. The minimum atomic E-state index is -0.0620. The molecule has 1 N–H and O–H groups in total. The Hall–Kier alpha value is -4.18. The molecule has 7 aromatic rings. The molecule has 4 nitrogen and oxygen atoms in total. The molecule has 0 aliphatic rings.